The fourth-order valence-corrected chi connectivity index (χ4v) is 0.993. The van der Waals surface area contributed by atoms with E-state index < -0.39 is 0 Å². The molecule has 0 amide bonds. The molecule has 0 aliphatic carbocycles. The Morgan fingerprint density at radius 3 is 1.50 bits per heavy atom. The molecule has 0 N–H and O–H groups in total. The van der Waals surface area contributed by atoms with E-state index in [-0.39, 0.29) is 18.0 Å². The maximum atomic E-state index is 3.78. The van der Waals surface area contributed by atoms with Crippen molar-refractivity contribution in [3.63, 3.8) is 0 Å². The van der Waals surface area contributed by atoms with Gasteiger partial charge in [-0.1, -0.05) is 18.2 Å². The average Bonchev–Trinajstić information content (AvgIpc) is 2.64. The maximum absolute atomic E-state index is 3.78. The van der Waals surface area contributed by atoms with E-state index in [1.54, 1.807) is 23.7 Å². The van der Waals surface area contributed by atoms with Crippen LogP contribution in [0.5, 0.6) is 0 Å². The predicted octanol–water partition coefficient (Wildman–Crippen LogP) is 1.65. The average molecular weight is 241 g/mol. The SMILES string of the molecule is [AsH3].c1ccncc1.c1ccsc1. The molecule has 0 bridgehead atoms. The van der Waals surface area contributed by atoms with Gasteiger partial charge in [-0.05, 0) is 22.9 Å². The first-order chi connectivity index (χ1) is 5.50. The molecule has 1 atom stereocenters. The van der Waals surface area contributed by atoms with Crippen molar-refractivity contribution >= 4 is 29.3 Å². The first kappa shape index (κ1) is 11.4. The topological polar surface area (TPSA) is 12.9 Å². The van der Waals surface area contributed by atoms with Crippen molar-refractivity contribution < 1.29 is 0 Å². The van der Waals surface area contributed by atoms with Gasteiger partial charge >= 0.3 is 18.0 Å². The van der Waals surface area contributed by atoms with E-state index in [0.29, 0.717) is 0 Å². The van der Waals surface area contributed by atoms with Gasteiger partial charge in [0.2, 0.25) is 0 Å². The van der Waals surface area contributed by atoms with E-state index in [1.165, 1.54) is 0 Å². The molecule has 0 fully saturated rings. The van der Waals surface area contributed by atoms with Gasteiger partial charge in [0.05, 0.1) is 0 Å². The van der Waals surface area contributed by atoms with Gasteiger partial charge < -0.3 is 0 Å². The number of pyridine rings is 1. The van der Waals surface area contributed by atoms with E-state index >= 15 is 0 Å². The van der Waals surface area contributed by atoms with Crippen molar-refractivity contribution in [3.8, 4) is 0 Å². The Labute approximate surface area is 87.8 Å². The zero-order chi connectivity index (χ0) is 7.78. The molecule has 0 saturated carbocycles. The quantitative estimate of drug-likeness (QED) is 0.639. The smallest absolute Gasteiger partial charge is 0.0267 e. The molecule has 2 aromatic heterocycles. The summed E-state index contributed by atoms with van der Waals surface area (Å²) in [6.07, 6.45) is 3.50. The van der Waals surface area contributed by atoms with Crippen LogP contribution in [-0.4, -0.2) is 22.9 Å². The molecule has 2 aromatic rings. The first-order valence-electron chi connectivity index (χ1n) is 3.32. The van der Waals surface area contributed by atoms with Crippen LogP contribution in [-0.2, 0) is 0 Å². The number of rotatable bonds is 0. The monoisotopic (exact) mass is 241 g/mol. The van der Waals surface area contributed by atoms with Gasteiger partial charge in [-0.2, -0.15) is 11.3 Å². The third-order valence-electron chi connectivity index (χ3n) is 0.992. The molecule has 64 valence electrons. The summed E-state index contributed by atoms with van der Waals surface area (Å²) in [6.45, 7) is 0. The minimum absolute atomic E-state index is 0. The Morgan fingerprint density at radius 1 is 0.750 bits per heavy atom. The summed E-state index contributed by atoms with van der Waals surface area (Å²) in [5.41, 5.74) is 0. The second kappa shape index (κ2) is 8.50. The molecule has 2 heterocycles. The molecule has 12 heavy (non-hydrogen) atoms. The number of hydrogen-bond acceptors (Lipinski definition) is 2. The molecular formula is C9H12AsNS. The van der Waals surface area contributed by atoms with Crippen LogP contribution in [0.15, 0.2) is 53.5 Å². The molecule has 0 aromatic carbocycles. The molecular weight excluding hydrogens is 229 g/mol. The third-order valence-corrected chi connectivity index (χ3v) is 1.62. The molecule has 0 radical (unpaired) electrons. The molecule has 0 spiro atoms. The van der Waals surface area contributed by atoms with E-state index in [4.69, 9.17) is 0 Å². The Morgan fingerprint density at radius 2 is 1.33 bits per heavy atom. The van der Waals surface area contributed by atoms with Crippen LogP contribution in [0.1, 0.15) is 0 Å². The summed E-state index contributed by atoms with van der Waals surface area (Å²) >= 11 is 1.71. The van der Waals surface area contributed by atoms with Crippen molar-refractivity contribution in [2.24, 2.45) is 0 Å². The van der Waals surface area contributed by atoms with Gasteiger partial charge in [0.25, 0.3) is 0 Å². The molecule has 2 rings (SSSR count). The Kier molecular flexibility index (Phi) is 8.09. The molecule has 0 saturated heterocycles. The van der Waals surface area contributed by atoms with Gasteiger partial charge in [0.1, 0.15) is 0 Å². The van der Waals surface area contributed by atoms with Gasteiger partial charge in [0.15, 0.2) is 0 Å². The van der Waals surface area contributed by atoms with E-state index in [9.17, 15) is 0 Å². The van der Waals surface area contributed by atoms with E-state index in [0.717, 1.165) is 0 Å². The minimum atomic E-state index is 0. The normalized spacial score (nSPS) is 7.33. The fourth-order valence-electron chi connectivity index (χ4n) is 0.539. The van der Waals surface area contributed by atoms with Crippen molar-refractivity contribution in [2.75, 3.05) is 0 Å². The molecule has 0 aliphatic rings. The summed E-state index contributed by atoms with van der Waals surface area (Å²) in [6, 6.07) is 9.75. The van der Waals surface area contributed by atoms with E-state index in [1.807, 2.05) is 41.1 Å². The summed E-state index contributed by atoms with van der Waals surface area (Å²) in [5.74, 6) is 0. The van der Waals surface area contributed by atoms with Crippen molar-refractivity contribution in [2.45, 2.75) is 0 Å². The standard InChI is InChI=1S/C5H5N.C4H4S.AsH3/c1-2-4-6-5-3-1;1-2-4-5-3-1;/h1-5H;1-4H;1H3. The fraction of sp³-hybridized carbons (Fsp3) is 0. The van der Waals surface area contributed by atoms with Crippen molar-refractivity contribution in [1.29, 1.82) is 0 Å². The number of aromatic nitrogens is 1. The summed E-state index contributed by atoms with van der Waals surface area (Å²) in [4.78, 5) is 3.78. The van der Waals surface area contributed by atoms with Gasteiger partial charge in [0, 0.05) is 12.4 Å². The molecule has 0 aliphatic heterocycles. The van der Waals surface area contributed by atoms with Gasteiger partial charge in [-0.25, -0.2) is 0 Å². The molecule has 1 nitrogen and oxygen atoms in total. The van der Waals surface area contributed by atoms with Crippen LogP contribution in [0.4, 0.5) is 0 Å². The van der Waals surface area contributed by atoms with Gasteiger partial charge in [-0.3, -0.25) is 4.98 Å². The summed E-state index contributed by atoms with van der Waals surface area (Å²) in [7, 11) is 0. The van der Waals surface area contributed by atoms with Crippen LogP contribution >= 0.6 is 11.3 Å². The second-order valence-electron chi connectivity index (χ2n) is 1.82. The third kappa shape index (κ3) is 6.14. The van der Waals surface area contributed by atoms with Crippen molar-refractivity contribution in [1.82, 2.24) is 4.98 Å². The predicted molar refractivity (Wildman–Crippen MR) is 58.5 cm³/mol. The van der Waals surface area contributed by atoms with Crippen LogP contribution in [0.2, 0.25) is 0 Å². The van der Waals surface area contributed by atoms with Crippen LogP contribution in [0.25, 0.3) is 0 Å². The largest absolute Gasteiger partial charge is 0.265 e. The Hall–Kier alpha value is -0.592. The molecule has 1 unspecified atom stereocenters. The zero-order valence-corrected chi connectivity index (χ0v) is 10.5. The second-order valence-corrected chi connectivity index (χ2v) is 2.63. The van der Waals surface area contributed by atoms with Gasteiger partial charge in [-0.15, -0.1) is 0 Å². The Balaban J connectivity index is 0.000000189. The van der Waals surface area contributed by atoms with Crippen LogP contribution in [0.3, 0.4) is 0 Å². The first-order valence-corrected chi connectivity index (χ1v) is 4.26. The molecule has 3 heteroatoms. The Bertz CT molecular complexity index is 200. The number of thiophene rings is 1. The summed E-state index contributed by atoms with van der Waals surface area (Å²) in [5, 5.41) is 4.08. The maximum Gasteiger partial charge on any atom is 0.0267 e. The van der Waals surface area contributed by atoms with Crippen LogP contribution in [0, 0.1) is 0 Å². The zero-order valence-electron chi connectivity index (χ0n) is 6.76. The van der Waals surface area contributed by atoms with Crippen molar-refractivity contribution in [3.05, 3.63) is 53.5 Å². The number of hydrogen-bond donors (Lipinski definition) is 0. The van der Waals surface area contributed by atoms with E-state index in [2.05, 4.69) is 4.98 Å². The minimum Gasteiger partial charge on any atom is -0.265 e. The van der Waals surface area contributed by atoms with Crippen LogP contribution < -0.4 is 0 Å². The summed E-state index contributed by atoms with van der Waals surface area (Å²) < 4.78 is 0. The number of nitrogens with zero attached hydrogens (tertiary/aromatic N) is 1.